The third kappa shape index (κ3) is 3.41. The highest BCUT2D eigenvalue weighted by molar-refractivity contribution is 7.86. The van der Waals surface area contributed by atoms with Crippen molar-refractivity contribution in [2.45, 2.75) is 18.8 Å². The number of hydrogen-bond acceptors (Lipinski definition) is 3. The van der Waals surface area contributed by atoms with Gasteiger partial charge in [-0.2, -0.15) is 17.2 Å². The first-order chi connectivity index (χ1) is 7.30. The van der Waals surface area contributed by atoms with Crippen molar-refractivity contribution >= 4 is 10.2 Å². The zero-order valence-electron chi connectivity index (χ0n) is 8.23. The second-order valence-electron chi connectivity index (χ2n) is 3.07. The summed E-state index contributed by atoms with van der Waals surface area (Å²) in [5.41, 5.74) is 0.0562. The Kier molecular flexibility index (Phi) is 3.79. The molecule has 16 heavy (non-hydrogen) atoms. The molecule has 1 rings (SSSR count). The monoisotopic (exact) mass is 254 g/mol. The quantitative estimate of drug-likeness (QED) is 0.776. The summed E-state index contributed by atoms with van der Waals surface area (Å²) in [6, 6.07) is 4.93. The van der Waals surface area contributed by atoms with E-state index in [4.69, 9.17) is 0 Å². The van der Waals surface area contributed by atoms with E-state index in [9.17, 15) is 21.1 Å². The SMILES string of the molecule is CC(c1cccc(OC(F)F)c1)S(=O)(=O)F. The number of alkyl halides is 2. The zero-order chi connectivity index (χ0) is 12.3. The van der Waals surface area contributed by atoms with Gasteiger partial charge in [-0.1, -0.05) is 12.1 Å². The minimum absolute atomic E-state index is 0.0562. The van der Waals surface area contributed by atoms with Crippen LogP contribution in [0.15, 0.2) is 24.3 Å². The Morgan fingerprint density at radius 2 is 1.94 bits per heavy atom. The summed E-state index contributed by atoms with van der Waals surface area (Å²) >= 11 is 0. The van der Waals surface area contributed by atoms with Gasteiger partial charge in [-0.05, 0) is 24.6 Å². The molecule has 0 aliphatic heterocycles. The average Bonchev–Trinajstić information content (AvgIpc) is 2.14. The molecule has 0 spiro atoms. The van der Waals surface area contributed by atoms with Crippen molar-refractivity contribution in [1.82, 2.24) is 0 Å². The van der Waals surface area contributed by atoms with E-state index in [-0.39, 0.29) is 11.3 Å². The Morgan fingerprint density at radius 3 is 2.44 bits per heavy atom. The van der Waals surface area contributed by atoms with E-state index < -0.39 is 22.1 Å². The Bertz CT molecular complexity index is 459. The molecule has 0 amide bonds. The van der Waals surface area contributed by atoms with Crippen molar-refractivity contribution in [2.24, 2.45) is 0 Å². The van der Waals surface area contributed by atoms with Crippen molar-refractivity contribution in [3.05, 3.63) is 29.8 Å². The molecule has 0 bridgehead atoms. The molecule has 0 aliphatic rings. The van der Waals surface area contributed by atoms with Gasteiger partial charge in [0.2, 0.25) is 0 Å². The van der Waals surface area contributed by atoms with Gasteiger partial charge < -0.3 is 4.74 Å². The van der Waals surface area contributed by atoms with Gasteiger partial charge in [-0.25, -0.2) is 0 Å². The third-order valence-electron chi connectivity index (χ3n) is 1.97. The molecule has 0 heterocycles. The fourth-order valence-electron chi connectivity index (χ4n) is 1.11. The van der Waals surface area contributed by atoms with Crippen LogP contribution in [0.5, 0.6) is 5.75 Å². The molecule has 1 atom stereocenters. The molecule has 1 aromatic carbocycles. The van der Waals surface area contributed by atoms with Crippen LogP contribution in [0.4, 0.5) is 12.7 Å². The normalized spacial score (nSPS) is 13.8. The van der Waals surface area contributed by atoms with Crippen LogP contribution in [-0.2, 0) is 10.2 Å². The predicted molar refractivity (Wildman–Crippen MR) is 51.5 cm³/mol. The molecular formula is C9H9F3O3S. The fraction of sp³-hybridized carbons (Fsp3) is 0.333. The Morgan fingerprint density at radius 1 is 1.31 bits per heavy atom. The number of benzene rings is 1. The van der Waals surface area contributed by atoms with Crippen LogP contribution in [0, 0.1) is 0 Å². The van der Waals surface area contributed by atoms with Gasteiger partial charge in [-0.3, -0.25) is 0 Å². The lowest BCUT2D eigenvalue weighted by Gasteiger charge is -2.09. The Balaban J connectivity index is 2.99. The van der Waals surface area contributed by atoms with Gasteiger partial charge in [0.1, 0.15) is 11.0 Å². The fourth-order valence-corrected chi connectivity index (χ4v) is 1.58. The number of rotatable bonds is 4. The molecule has 0 aliphatic carbocycles. The predicted octanol–water partition coefficient (Wildman–Crippen LogP) is 2.65. The molecular weight excluding hydrogens is 245 g/mol. The van der Waals surface area contributed by atoms with Gasteiger partial charge in [-0.15, -0.1) is 3.89 Å². The van der Waals surface area contributed by atoms with E-state index in [1.165, 1.54) is 18.2 Å². The van der Waals surface area contributed by atoms with E-state index in [1.54, 1.807) is 0 Å². The number of hydrogen-bond donors (Lipinski definition) is 0. The van der Waals surface area contributed by atoms with Crippen molar-refractivity contribution in [3.63, 3.8) is 0 Å². The minimum atomic E-state index is -4.74. The van der Waals surface area contributed by atoms with E-state index in [2.05, 4.69) is 4.74 Å². The Labute approximate surface area is 91.1 Å². The van der Waals surface area contributed by atoms with Gasteiger partial charge in [0.05, 0.1) is 0 Å². The molecule has 0 radical (unpaired) electrons. The molecule has 3 nitrogen and oxygen atoms in total. The lowest BCUT2D eigenvalue weighted by molar-refractivity contribution is -0.0498. The summed E-state index contributed by atoms with van der Waals surface area (Å²) in [5, 5.41) is -1.41. The summed E-state index contributed by atoms with van der Waals surface area (Å²) in [6.45, 7) is -1.89. The lowest BCUT2D eigenvalue weighted by Crippen LogP contribution is -2.06. The van der Waals surface area contributed by atoms with Crippen LogP contribution >= 0.6 is 0 Å². The summed E-state index contributed by atoms with van der Waals surface area (Å²) in [4.78, 5) is 0. The molecule has 0 saturated carbocycles. The largest absolute Gasteiger partial charge is 0.435 e. The molecule has 0 N–H and O–H groups in total. The topological polar surface area (TPSA) is 43.4 Å². The highest BCUT2D eigenvalue weighted by Gasteiger charge is 2.22. The van der Waals surface area contributed by atoms with Crippen LogP contribution < -0.4 is 4.74 Å². The molecule has 7 heteroatoms. The van der Waals surface area contributed by atoms with Crippen LogP contribution in [0.3, 0.4) is 0 Å². The molecule has 0 aromatic heterocycles. The summed E-state index contributed by atoms with van der Waals surface area (Å²) < 4.78 is 61.7. The highest BCUT2D eigenvalue weighted by atomic mass is 32.3. The first-order valence-electron chi connectivity index (χ1n) is 4.29. The van der Waals surface area contributed by atoms with Gasteiger partial charge in [0.25, 0.3) is 0 Å². The summed E-state index contributed by atoms with van der Waals surface area (Å²) in [6.07, 6.45) is 0. The van der Waals surface area contributed by atoms with Crippen molar-refractivity contribution in [3.8, 4) is 5.75 Å². The highest BCUT2D eigenvalue weighted by Crippen LogP contribution is 2.26. The van der Waals surface area contributed by atoms with Crippen LogP contribution in [-0.4, -0.2) is 15.0 Å². The molecule has 0 saturated heterocycles. The van der Waals surface area contributed by atoms with Crippen LogP contribution in [0.2, 0.25) is 0 Å². The van der Waals surface area contributed by atoms with Gasteiger partial charge >= 0.3 is 16.8 Å². The van der Waals surface area contributed by atoms with Crippen LogP contribution in [0.25, 0.3) is 0 Å². The smallest absolute Gasteiger partial charge is 0.387 e. The van der Waals surface area contributed by atoms with Crippen LogP contribution in [0.1, 0.15) is 17.7 Å². The maximum atomic E-state index is 12.6. The van der Waals surface area contributed by atoms with Crippen molar-refractivity contribution < 1.29 is 25.8 Å². The average molecular weight is 254 g/mol. The van der Waals surface area contributed by atoms with Gasteiger partial charge in [0.15, 0.2) is 0 Å². The van der Waals surface area contributed by atoms with Gasteiger partial charge in [0, 0.05) is 0 Å². The minimum Gasteiger partial charge on any atom is -0.435 e. The summed E-state index contributed by atoms with van der Waals surface area (Å²) in [7, 11) is -4.74. The zero-order valence-corrected chi connectivity index (χ0v) is 9.05. The van der Waals surface area contributed by atoms with E-state index in [0.29, 0.717) is 0 Å². The molecule has 90 valence electrons. The Hall–Kier alpha value is -1.24. The number of halogens is 3. The van der Waals surface area contributed by atoms with Crippen molar-refractivity contribution in [1.29, 1.82) is 0 Å². The first kappa shape index (κ1) is 12.8. The van der Waals surface area contributed by atoms with E-state index in [1.807, 2.05) is 0 Å². The maximum absolute atomic E-state index is 12.6. The second-order valence-corrected chi connectivity index (χ2v) is 4.73. The molecule has 0 fully saturated rings. The maximum Gasteiger partial charge on any atom is 0.387 e. The lowest BCUT2D eigenvalue weighted by atomic mass is 10.1. The second kappa shape index (κ2) is 4.73. The number of ether oxygens (including phenoxy) is 1. The first-order valence-corrected chi connectivity index (χ1v) is 5.73. The van der Waals surface area contributed by atoms with Crippen molar-refractivity contribution in [2.75, 3.05) is 0 Å². The molecule has 1 aromatic rings. The van der Waals surface area contributed by atoms with E-state index >= 15 is 0 Å². The summed E-state index contributed by atoms with van der Waals surface area (Å²) in [5.74, 6) is -0.206. The molecule has 1 unspecified atom stereocenters. The van der Waals surface area contributed by atoms with E-state index in [0.717, 1.165) is 13.0 Å². The third-order valence-corrected chi connectivity index (χ3v) is 3.09. The standard InChI is InChI=1S/C9H9F3O3S/c1-6(16(12,13)14)7-3-2-4-8(5-7)15-9(10)11/h2-6,9H,1H3.